The van der Waals surface area contributed by atoms with Gasteiger partial charge in [0.2, 0.25) is 0 Å². The van der Waals surface area contributed by atoms with Crippen molar-refractivity contribution in [1.82, 2.24) is 9.66 Å². The number of aromatic nitrogens is 2. The molecule has 0 aliphatic heterocycles. The van der Waals surface area contributed by atoms with Crippen molar-refractivity contribution < 1.29 is 0 Å². The maximum absolute atomic E-state index is 12.7. The van der Waals surface area contributed by atoms with Gasteiger partial charge in [-0.1, -0.05) is 36.7 Å². The molecule has 0 unspecified atom stereocenters. The Labute approximate surface area is 127 Å². The monoisotopic (exact) mass is 299 g/mol. The first-order valence-corrected chi connectivity index (χ1v) is 7.10. The fourth-order valence-electron chi connectivity index (χ4n) is 2.20. The Balaban J connectivity index is 2.20. The van der Waals surface area contributed by atoms with E-state index >= 15 is 0 Å². The standard InChI is InChI=1S/C16H14ClN3O/c1-2-15-18-14-9-8-11(17)10-13(14)16(21)20(15)19-12-6-4-3-5-7-12/h3-10,19H,2H2,1H3. The third kappa shape index (κ3) is 2.62. The van der Waals surface area contributed by atoms with Crippen LogP contribution in [0.25, 0.3) is 10.9 Å². The fraction of sp³-hybridized carbons (Fsp3) is 0.125. The summed E-state index contributed by atoms with van der Waals surface area (Å²) in [5, 5.41) is 1.03. The zero-order valence-corrected chi connectivity index (χ0v) is 12.3. The second-order valence-corrected chi connectivity index (χ2v) is 5.10. The van der Waals surface area contributed by atoms with E-state index in [0.29, 0.717) is 28.2 Å². The molecule has 0 saturated carbocycles. The molecule has 0 radical (unpaired) electrons. The number of rotatable bonds is 3. The Morgan fingerprint density at radius 1 is 1.19 bits per heavy atom. The Hall–Kier alpha value is -2.33. The number of benzene rings is 2. The van der Waals surface area contributed by atoms with E-state index in [-0.39, 0.29) is 5.56 Å². The minimum Gasteiger partial charge on any atom is -0.290 e. The molecule has 0 saturated heterocycles. The second-order valence-electron chi connectivity index (χ2n) is 4.66. The van der Waals surface area contributed by atoms with Crippen molar-refractivity contribution in [2.24, 2.45) is 0 Å². The van der Waals surface area contributed by atoms with E-state index < -0.39 is 0 Å². The molecule has 0 fully saturated rings. The first-order chi connectivity index (χ1) is 10.2. The number of nitrogens with one attached hydrogen (secondary N) is 1. The summed E-state index contributed by atoms with van der Waals surface area (Å²) in [6, 6.07) is 14.7. The highest BCUT2D eigenvalue weighted by molar-refractivity contribution is 6.31. The van der Waals surface area contributed by atoms with Crippen LogP contribution in [0.2, 0.25) is 5.02 Å². The van der Waals surface area contributed by atoms with Crippen LogP contribution in [0.5, 0.6) is 0 Å². The Bertz CT molecular complexity index is 843. The van der Waals surface area contributed by atoms with Gasteiger partial charge in [0.15, 0.2) is 0 Å². The van der Waals surface area contributed by atoms with Gasteiger partial charge in [0.1, 0.15) is 5.82 Å². The van der Waals surface area contributed by atoms with Crippen molar-refractivity contribution in [3.8, 4) is 0 Å². The predicted octanol–water partition coefficient (Wildman–Crippen LogP) is 3.49. The van der Waals surface area contributed by atoms with E-state index in [9.17, 15) is 4.79 Å². The van der Waals surface area contributed by atoms with Gasteiger partial charge in [0.25, 0.3) is 5.56 Å². The minimum absolute atomic E-state index is 0.150. The third-order valence-electron chi connectivity index (χ3n) is 3.23. The highest BCUT2D eigenvalue weighted by Gasteiger charge is 2.10. The number of fused-ring (bicyclic) bond motifs is 1. The number of aryl methyl sites for hydroxylation is 1. The van der Waals surface area contributed by atoms with Crippen molar-refractivity contribution in [3.05, 3.63) is 69.7 Å². The van der Waals surface area contributed by atoms with Crippen LogP contribution in [0.3, 0.4) is 0 Å². The van der Waals surface area contributed by atoms with E-state index in [0.717, 1.165) is 5.69 Å². The van der Waals surface area contributed by atoms with Gasteiger partial charge in [-0.15, -0.1) is 0 Å². The van der Waals surface area contributed by atoms with Gasteiger partial charge < -0.3 is 0 Å². The quantitative estimate of drug-likeness (QED) is 0.805. The Morgan fingerprint density at radius 3 is 2.67 bits per heavy atom. The van der Waals surface area contributed by atoms with Crippen LogP contribution in [-0.4, -0.2) is 9.66 Å². The topological polar surface area (TPSA) is 46.9 Å². The number of nitrogens with zero attached hydrogens (tertiary/aromatic N) is 2. The van der Waals surface area contributed by atoms with Crippen LogP contribution < -0.4 is 11.0 Å². The summed E-state index contributed by atoms with van der Waals surface area (Å²) in [5.41, 5.74) is 4.44. The van der Waals surface area contributed by atoms with Gasteiger partial charge in [0.05, 0.1) is 16.6 Å². The molecule has 5 heteroatoms. The lowest BCUT2D eigenvalue weighted by Crippen LogP contribution is -2.30. The highest BCUT2D eigenvalue weighted by atomic mass is 35.5. The molecule has 1 N–H and O–H groups in total. The number of anilines is 1. The summed E-state index contributed by atoms with van der Waals surface area (Å²) < 4.78 is 1.48. The molecule has 0 aliphatic rings. The van der Waals surface area contributed by atoms with Crippen molar-refractivity contribution in [3.63, 3.8) is 0 Å². The molecule has 1 heterocycles. The lowest BCUT2D eigenvalue weighted by atomic mass is 10.2. The van der Waals surface area contributed by atoms with Gasteiger partial charge in [-0.3, -0.25) is 10.2 Å². The van der Waals surface area contributed by atoms with Crippen LogP contribution in [0.1, 0.15) is 12.7 Å². The van der Waals surface area contributed by atoms with E-state index in [1.54, 1.807) is 18.2 Å². The zero-order valence-electron chi connectivity index (χ0n) is 11.5. The number of hydrogen-bond acceptors (Lipinski definition) is 3. The molecule has 0 spiro atoms. The van der Waals surface area contributed by atoms with E-state index in [2.05, 4.69) is 10.4 Å². The van der Waals surface area contributed by atoms with Crippen LogP contribution >= 0.6 is 11.6 Å². The highest BCUT2D eigenvalue weighted by Crippen LogP contribution is 2.16. The van der Waals surface area contributed by atoms with Crippen LogP contribution in [0.4, 0.5) is 5.69 Å². The summed E-state index contributed by atoms with van der Waals surface area (Å²) in [4.78, 5) is 17.2. The smallest absolute Gasteiger partial charge is 0.280 e. The van der Waals surface area contributed by atoms with Gasteiger partial charge in [-0.2, -0.15) is 0 Å². The summed E-state index contributed by atoms with van der Waals surface area (Å²) in [6.07, 6.45) is 0.646. The molecule has 1 aromatic heterocycles. The molecule has 0 atom stereocenters. The second kappa shape index (κ2) is 5.58. The third-order valence-corrected chi connectivity index (χ3v) is 3.47. The summed E-state index contributed by atoms with van der Waals surface area (Å²) in [5.74, 6) is 0.679. The average Bonchev–Trinajstić information content (AvgIpc) is 2.51. The van der Waals surface area contributed by atoms with Crippen molar-refractivity contribution in [1.29, 1.82) is 0 Å². The Kier molecular flexibility index (Phi) is 3.62. The molecule has 2 aromatic carbocycles. The van der Waals surface area contributed by atoms with Crippen molar-refractivity contribution >= 4 is 28.2 Å². The molecule has 106 valence electrons. The van der Waals surface area contributed by atoms with Crippen LogP contribution in [0.15, 0.2) is 53.3 Å². The molecule has 0 aliphatic carbocycles. The maximum atomic E-state index is 12.7. The molecule has 3 rings (SSSR count). The summed E-state index contributed by atoms with van der Waals surface area (Å²) >= 11 is 5.98. The van der Waals surface area contributed by atoms with Gasteiger partial charge in [-0.25, -0.2) is 9.66 Å². The van der Waals surface area contributed by atoms with Crippen LogP contribution in [-0.2, 0) is 6.42 Å². The van der Waals surface area contributed by atoms with E-state index in [1.165, 1.54) is 4.68 Å². The number of halogens is 1. The largest absolute Gasteiger partial charge is 0.290 e. The lowest BCUT2D eigenvalue weighted by molar-refractivity contribution is 0.780. The molecule has 0 bridgehead atoms. The number of hydrogen-bond donors (Lipinski definition) is 1. The minimum atomic E-state index is -0.150. The first kappa shape index (κ1) is 13.6. The van der Waals surface area contributed by atoms with Crippen LogP contribution in [0, 0.1) is 0 Å². The zero-order chi connectivity index (χ0) is 14.8. The number of para-hydroxylation sites is 1. The molecule has 0 amide bonds. The molecular formula is C16H14ClN3O. The molecule has 3 aromatic rings. The fourth-order valence-corrected chi connectivity index (χ4v) is 2.37. The van der Waals surface area contributed by atoms with Crippen molar-refractivity contribution in [2.45, 2.75) is 13.3 Å². The molecular weight excluding hydrogens is 286 g/mol. The van der Waals surface area contributed by atoms with Gasteiger partial charge >= 0.3 is 0 Å². The lowest BCUT2D eigenvalue weighted by Gasteiger charge is -2.14. The summed E-state index contributed by atoms with van der Waals surface area (Å²) in [7, 11) is 0. The molecule has 21 heavy (non-hydrogen) atoms. The SMILES string of the molecule is CCc1nc2ccc(Cl)cc2c(=O)n1Nc1ccccc1. The maximum Gasteiger partial charge on any atom is 0.280 e. The average molecular weight is 300 g/mol. The summed E-state index contributed by atoms with van der Waals surface area (Å²) in [6.45, 7) is 1.96. The first-order valence-electron chi connectivity index (χ1n) is 6.72. The predicted molar refractivity (Wildman–Crippen MR) is 85.9 cm³/mol. The Morgan fingerprint density at radius 2 is 1.95 bits per heavy atom. The van der Waals surface area contributed by atoms with Gasteiger partial charge in [0, 0.05) is 11.4 Å². The van der Waals surface area contributed by atoms with Gasteiger partial charge in [-0.05, 0) is 30.3 Å². The normalized spacial score (nSPS) is 10.8. The van der Waals surface area contributed by atoms with E-state index in [4.69, 9.17) is 11.6 Å². The van der Waals surface area contributed by atoms with E-state index in [1.807, 2.05) is 37.3 Å². The molecule has 4 nitrogen and oxygen atoms in total. The van der Waals surface area contributed by atoms with Crippen molar-refractivity contribution in [2.75, 3.05) is 5.43 Å².